The minimum absolute atomic E-state index is 0.481. The van der Waals surface area contributed by atoms with Crippen molar-refractivity contribution in [2.75, 3.05) is 0 Å². The Kier molecular flexibility index (Phi) is 4.09. The molecule has 6 rings (SSSR count). The number of hydrogen-bond donors (Lipinski definition) is 2. The zero-order valence-electron chi connectivity index (χ0n) is 17.3. The first-order valence-electron chi connectivity index (χ1n) is 10.6. The highest BCUT2D eigenvalue weighted by molar-refractivity contribution is 6.20. The lowest BCUT2D eigenvalue weighted by molar-refractivity contribution is 0.503. The van der Waals surface area contributed by atoms with E-state index in [0.717, 1.165) is 56.8 Å². The van der Waals surface area contributed by atoms with Crippen LogP contribution in [0, 0.1) is 12.3 Å². The third kappa shape index (κ3) is 3.21. The van der Waals surface area contributed by atoms with Crippen LogP contribution in [-0.4, -0.2) is 16.4 Å². The van der Waals surface area contributed by atoms with Crippen molar-refractivity contribution in [1.82, 2.24) is 10.3 Å². The highest BCUT2D eigenvalue weighted by Crippen LogP contribution is 2.37. The van der Waals surface area contributed by atoms with E-state index in [4.69, 9.17) is 16.4 Å². The molecular formula is C28H20N4. The van der Waals surface area contributed by atoms with E-state index in [1.165, 1.54) is 0 Å². The quantitative estimate of drug-likeness (QED) is 0.695. The molecule has 5 heterocycles. The van der Waals surface area contributed by atoms with Crippen molar-refractivity contribution in [3.05, 3.63) is 118 Å². The minimum atomic E-state index is -0.481. The van der Waals surface area contributed by atoms with E-state index >= 15 is 0 Å². The van der Waals surface area contributed by atoms with Gasteiger partial charge in [0.15, 0.2) is 0 Å². The van der Waals surface area contributed by atoms with E-state index < -0.39 is 5.54 Å². The normalized spacial score (nSPS) is 27.9. The van der Waals surface area contributed by atoms with Crippen LogP contribution in [0.1, 0.15) is 17.5 Å². The van der Waals surface area contributed by atoms with Gasteiger partial charge in [-0.3, -0.25) is 0 Å². The number of aromatic amines is 1. The molecule has 0 spiro atoms. The fourth-order valence-electron chi connectivity index (χ4n) is 4.51. The number of allylic oxidation sites excluding steroid dienone is 5. The minimum Gasteiger partial charge on any atom is -0.372 e. The Balaban J connectivity index is 1.55. The third-order valence-corrected chi connectivity index (χ3v) is 5.98. The van der Waals surface area contributed by atoms with Crippen molar-refractivity contribution in [3.8, 4) is 12.3 Å². The molecule has 0 saturated carbocycles. The predicted octanol–water partition coefficient (Wildman–Crippen LogP) is 3.13. The van der Waals surface area contributed by atoms with Crippen molar-refractivity contribution in [3.63, 3.8) is 0 Å². The molecule has 0 fully saturated rings. The van der Waals surface area contributed by atoms with E-state index in [0.29, 0.717) is 0 Å². The van der Waals surface area contributed by atoms with Crippen LogP contribution in [-0.2, 0) is 5.54 Å². The zero-order chi connectivity index (χ0) is 21.5. The second-order valence-electron chi connectivity index (χ2n) is 8.19. The van der Waals surface area contributed by atoms with Gasteiger partial charge in [0.25, 0.3) is 0 Å². The van der Waals surface area contributed by atoms with Crippen LogP contribution >= 0.6 is 0 Å². The number of aliphatic imine (C=N–C) groups is 2. The van der Waals surface area contributed by atoms with Crippen molar-refractivity contribution < 1.29 is 0 Å². The number of nitrogens with zero attached hydrogens (tertiary/aromatic N) is 2. The first-order chi connectivity index (χ1) is 15.7. The monoisotopic (exact) mass is 412 g/mol. The molecule has 8 bridgehead atoms. The summed E-state index contributed by atoms with van der Waals surface area (Å²) in [4.78, 5) is 13.0. The van der Waals surface area contributed by atoms with E-state index in [9.17, 15) is 0 Å². The maximum Gasteiger partial charge on any atom is 0.0880 e. The Morgan fingerprint density at radius 1 is 0.844 bits per heavy atom. The summed E-state index contributed by atoms with van der Waals surface area (Å²) in [7, 11) is 0. The van der Waals surface area contributed by atoms with Crippen LogP contribution in [0.25, 0.3) is 12.2 Å². The largest absolute Gasteiger partial charge is 0.372 e. The molecule has 2 aromatic rings. The lowest BCUT2D eigenvalue weighted by Crippen LogP contribution is -2.36. The number of hydrogen-bond acceptors (Lipinski definition) is 3. The Hall–Kier alpha value is -4.36. The Morgan fingerprint density at radius 3 is 2.34 bits per heavy atom. The maximum atomic E-state index is 5.86. The van der Waals surface area contributed by atoms with Gasteiger partial charge >= 0.3 is 0 Å². The highest BCUT2D eigenvalue weighted by atomic mass is 15.0. The molecule has 4 aliphatic heterocycles. The molecule has 152 valence electrons. The molecule has 1 unspecified atom stereocenters. The molecule has 0 saturated heterocycles. The number of aromatic nitrogens is 1. The number of H-pyrrole nitrogens is 1. The van der Waals surface area contributed by atoms with Gasteiger partial charge in [0, 0.05) is 22.0 Å². The SMILES string of the molecule is C#Cc1ccccc1C12/C=C3/C=CC(=N3)/C=c3/cc/c([nH]3)=C/C3=NC(=C\C(=CC1)N2)/C=C3. The summed E-state index contributed by atoms with van der Waals surface area (Å²) in [5.74, 6) is 2.85. The van der Waals surface area contributed by atoms with Crippen molar-refractivity contribution in [2.45, 2.75) is 12.0 Å². The van der Waals surface area contributed by atoms with Crippen LogP contribution < -0.4 is 16.0 Å². The van der Waals surface area contributed by atoms with Crippen molar-refractivity contribution in [1.29, 1.82) is 0 Å². The maximum absolute atomic E-state index is 5.86. The van der Waals surface area contributed by atoms with Gasteiger partial charge in [-0.05, 0) is 78.8 Å². The second-order valence-corrected chi connectivity index (χ2v) is 8.19. The van der Waals surface area contributed by atoms with Gasteiger partial charge in [-0.2, -0.15) is 0 Å². The Bertz CT molecular complexity index is 1530. The number of fused-ring (bicyclic) bond motifs is 6. The smallest absolute Gasteiger partial charge is 0.0880 e. The van der Waals surface area contributed by atoms with Crippen LogP contribution in [0.2, 0.25) is 0 Å². The molecule has 4 aliphatic rings. The molecule has 1 aromatic heterocycles. The van der Waals surface area contributed by atoms with Crippen molar-refractivity contribution in [2.24, 2.45) is 9.98 Å². The summed E-state index contributed by atoms with van der Waals surface area (Å²) in [6.07, 6.45) is 25.3. The lowest BCUT2D eigenvalue weighted by atomic mass is 9.84. The molecule has 1 atom stereocenters. The summed E-state index contributed by atoms with van der Waals surface area (Å²) in [5, 5.41) is 5.73. The van der Waals surface area contributed by atoms with E-state index in [2.05, 4.69) is 52.6 Å². The standard InChI is InChI=1S/C28H20N4/c1-2-19-5-3-4-6-27(19)28-14-13-25(32-28)17-24-10-9-21(30-24)15-20-7-8-22(29-20)16-23-11-12-26(18-28)31-23/h1,3-13,15-18,29,32H,14H2/b20-15-,22-16-,24-17-,26-18-. The van der Waals surface area contributed by atoms with Gasteiger partial charge in [0.05, 0.1) is 28.4 Å². The summed E-state index contributed by atoms with van der Waals surface area (Å²) >= 11 is 0. The van der Waals surface area contributed by atoms with Crippen molar-refractivity contribution >= 4 is 23.6 Å². The summed E-state index contributed by atoms with van der Waals surface area (Å²) in [6, 6.07) is 12.2. The van der Waals surface area contributed by atoms with Crippen LogP contribution in [0.3, 0.4) is 0 Å². The summed E-state index contributed by atoms with van der Waals surface area (Å²) < 4.78 is 0. The topological polar surface area (TPSA) is 52.5 Å². The Labute approximate surface area is 186 Å². The predicted molar refractivity (Wildman–Crippen MR) is 130 cm³/mol. The second kappa shape index (κ2) is 7.11. The van der Waals surface area contributed by atoms with Gasteiger partial charge < -0.3 is 10.3 Å². The van der Waals surface area contributed by atoms with Crippen LogP contribution in [0.15, 0.2) is 106 Å². The van der Waals surface area contributed by atoms with E-state index in [-0.39, 0.29) is 0 Å². The molecule has 32 heavy (non-hydrogen) atoms. The third-order valence-electron chi connectivity index (χ3n) is 5.98. The molecular weight excluding hydrogens is 392 g/mol. The first kappa shape index (κ1) is 18.4. The van der Waals surface area contributed by atoms with E-state index in [1.54, 1.807) is 0 Å². The summed E-state index contributed by atoms with van der Waals surface area (Å²) in [5.41, 5.74) is 6.12. The molecule has 1 aromatic carbocycles. The Morgan fingerprint density at radius 2 is 1.56 bits per heavy atom. The number of nitrogens with one attached hydrogen (secondary N) is 2. The van der Waals surface area contributed by atoms with Gasteiger partial charge in [-0.25, -0.2) is 9.98 Å². The molecule has 0 aliphatic carbocycles. The van der Waals surface area contributed by atoms with Gasteiger partial charge in [-0.1, -0.05) is 30.2 Å². The van der Waals surface area contributed by atoms with Gasteiger partial charge in [0.2, 0.25) is 0 Å². The number of benzene rings is 1. The first-order valence-corrected chi connectivity index (χ1v) is 10.6. The van der Waals surface area contributed by atoms with E-state index in [1.807, 2.05) is 54.7 Å². The van der Waals surface area contributed by atoms with Crippen LogP contribution in [0.5, 0.6) is 0 Å². The number of rotatable bonds is 1. The molecule has 2 N–H and O–H groups in total. The molecule has 0 radical (unpaired) electrons. The highest BCUT2D eigenvalue weighted by Gasteiger charge is 2.35. The fraction of sp³-hybridized carbons (Fsp3) is 0.0714. The van der Waals surface area contributed by atoms with Crippen LogP contribution in [0.4, 0.5) is 0 Å². The van der Waals surface area contributed by atoms with Gasteiger partial charge in [0.1, 0.15) is 0 Å². The summed E-state index contributed by atoms with van der Waals surface area (Å²) in [6.45, 7) is 0. The molecule has 0 amide bonds. The number of terminal acetylenes is 1. The average molecular weight is 412 g/mol. The lowest BCUT2D eigenvalue weighted by Gasteiger charge is -2.30. The fourth-order valence-corrected chi connectivity index (χ4v) is 4.51. The molecule has 4 nitrogen and oxygen atoms in total. The van der Waals surface area contributed by atoms with Gasteiger partial charge in [-0.15, -0.1) is 6.42 Å². The average Bonchev–Trinajstić information content (AvgIpc) is 3.59. The zero-order valence-corrected chi connectivity index (χ0v) is 17.3. The molecule has 4 heteroatoms.